The molecule has 0 radical (unpaired) electrons. The first-order valence-corrected chi connectivity index (χ1v) is 14.2. The third kappa shape index (κ3) is 14.7. The lowest BCUT2D eigenvalue weighted by molar-refractivity contribution is -0.158. The average molecular weight is 581 g/mol. The van der Waals surface area contributed by atoms with Crippen LogP contribution in [0.5, 0.6) is 0 Å². The second kappa shape index (κ2) is 19.5. The number of ether oxygens (including phenoxy) is 1. The second-order valence-corrected chi connectivity index (χ2v) is 10.8. The first-order valence-electron chi connectivity index (χ1n) is 14.2. The van der Waals surface area contributed by atoms with E-state index in [1.165, 1.54) is 19.1 Å². The normalized spacial score (nSPS) is 40.2. The zero-order chi connectivity index (χ0) is 30.9. The predicted molar refractivity (Wildman–Crippen MR) is 154 cm³/mol. The number of carboxylic acids is 1. The molecular weight excluding hydrogens is 532 g/mol. The Morgan fingerprint density at radius 2 is 1.20 bits per heavy atom. The van der Waals surface area contributed by atoms with Crippen molar-refractivity contribution in [2.75, 3.05) is 0 Å². The molecule has 1 aliphatic heterocycles. The number of carbonyl (C=O) groups is 2. The lowest BCUT2D eigenvalue weighted by Gasteiger charge is -2.25. The number of aliphatic hydroxyl groups is 6. The lowest BCUT2D eigenvalue weighted by Crippen LogP contribution is -2.39. The number of esters is 1. The van der Waals surface area contributed by atoms with Crippen LogP contribution in [-0.4, -0.2) is 90.4 Å². The Balaban J connectivity index is 2.99. The molecule has 10 atom stereocenters. The predicted octanol–water partition coefficient (Wildman–Crippen LogP) is 2.19. The summed E-state index contributed by atoms with van der Waals surface area (Å²) in [7, 11) is 0. The molecule has 0 aromatic carbocycles. The van der Waals surface area contributed by atoms with Gasteiger partial charge in [-0.05, 0) is 39.5 Å². The summed E-state index contributed by atoms with van der Waals surface area (Å²) in [5.74, 6) is -4.51. The quantitative estimate of drug-likeness (QED) is 0.227. The van der Waals surface area contributed by atoms with Crippen molar-refractivity contribution < 1.29 is 50.1 Å². The number of hydrogen-bond acceptors (Lipinski definition) is 9. The van der Waals surface area contributed by atoms with Crippen LogP contribution in [0.2, 0.25) is 0 Å². The molecule has 1 rings (SSSR count). The van der Waals surface area contributed by atoms with Crippen molar-refractivity contribution in [2.45, 2.75) is 102 Å². The number of aliphatic hydroxyl groups excluding tert-OH is 6. The first-order chi connectivity index (χ1) is 19.3. The highest BCUT2D eigenvalue weighted by Gasteiger charge is 2.33. The van der Waals surface area contributed by atoms with Gasteiger partial charge in [0.05, 0.1) is 42.5 Å². The van der Waals surface area contributed by atoms with Crippen molar-refractivity contribution in [3.63, 3.8) is 0 Å². The Morgan fingerprint density at radius 1 is 0.707 bits per heavy atom. The van der Waals surface area contributed by atoms with Gasteiger partial charge in [0.2, 0.25) is 0 Å². The Morgan fingerprint density at radius 3 is 1.76 bits per heavy atom. The molecule has 1 heterocycles. The fourth-order valence-electron chi connectivity index (χ4n) is 4.32. The summed E-state index contributed by atoms with van der Waals surface area (Å²) in [6.45, 7) is 5.16. The minimum absolute atomic E-state index is 0.0491. The summed E-state index contributed by atoms with van der Waals surface area (Å²) in [5, 5.41) is 71.6. The van der Waals surface area contributed by atoms with Gasteiger partial charge >= 0.3 is 11.9 Å². The molecule has 41 heavy (non-hydrogen) atoms. The molecule has 0 spiro atoms. The molecule has 232 valence electrons. The van der Waals surface area contributed by atoms with E-state index in [0.29, 0.717) is 6.42 Å². The Labute approximate surface area is 242 Å². The van der Waals surface area contributed by atoms with Crippen LogP contribution in [-0.2, 0) is 14.3 Å². The highest BCUT2D eigenvalue weighted by molar-refractivity contribution is 5.73. The molecule has 0 saturated heterocycles. The summed E-state index contributed by atoms with van der Waals surface area (Å²) in [4.78, 5) is 24.2. The number of rotatable bonds is 1. The summed E-state index contributed by atoms with van der Waals surface area (Å²) in [5.41, 5.74) is 0. The molecule has 0 bridgehead atoms. The van der Waals surface area contributed by atoms with Gasteiger partial charge in [0.15, 0.2) is 0 Å². The number of hydrogen-bond donors (Lipinski definition) is 7. The Kier molecular flexibility index (Phi) is 17.3. The van der Waals surface area contributed by atoms with E-state index in [1.807, 2.05) is 19.1 Å². The van der Waals surface area contributed by atoms with Crippen molar-refractivity contribution >= 4 is 11.9 Å². The van der Waals surface area contributed by atoms with Gasteiger partial charge in [-0.2, -0.15) is 0 Å². The van der Waals surface area contributed by atoms with Crippen molar-refractivity contribution in [2.24, 2.45) is 17.8 Å². The van der Waals surface area contributed by atoms with Crippen molar-refractivity contribution in [1.29, 1.82) is 0 Å². The smallest absolute Gasteiger partial charge is 0.312 e. The van der Waals surface area contributed by atoms with Crippen molar-refractivity contribution in [3.8, 4) is 0 Å². The minimum atomic E-state index is -1.54. The van der Waals surface area contributed by atoms with E-state index < -0.39 is 66.5 Å². The van der Waals surface area contributed by atoms with Gasteiger partial charge in [-0.3, -0.25) is 9.59 Å². The van der Waals surface area contributed by atoms with Gasteiger partial charge < -0.3 is 40.5 Å². The number of aliphatic carboxylic acids is 1. The largest absolute Gasteiger partial charge is 0.481 e. The van der Waals surface area contributed by atoms with Gasteiger partial charge in [-0.25, -0.2) is 0 Å². The highest BCUT2D eigenvalue weighted by Crippen LogP contribution is 2.21. The maximum Gasteiger partial charge on any atom is 0.312 e. The van der Waals surface area contributed by atoms with E-state index in [4.69, 9.17) is 4.74 Å². The van der Waals surface area contributed by atoms with Crippen molar-refractivity contribution in [3.05, 3.63) is 60.8 Å². The molecule has 7 N–H and O–H groups in total. The standard InChI is InChI=1S/C31H48O10/c1-20-13-10-8-6-4-5-7-9-11-16-26(35)29(30(38)39)28(37)18-24(33)15-12-14-23(32)17-25(34)19-27(36)21(2)31(40)41-22(20)3/h4-11,13,16,20-29,32-37H,12,14-15,17-19H2,1-3H3,(H,38,39)/b5-4+,8-6+,9-7+,13-10+,16-11+/t20-,21+,22+,23-,24+,25-,26+,27-,28+,29-/m1/s1. The van der Waals surface area contributed by atoms with Crippen LogP contribution in [0, 0.1) is 17.8 Å². The molecule has 0 aliphatic carbocycles. The van der Waals surface area contributed by atoms with Gasteiger partial charge in [0.1, 0.15) is 12.0 Å². The molecule has 0 saturated carbocycles. The topological polar surface area (TPSA) is 185 Å². The average Bonchev–Trinajstić information content (AvgIpc) is 2.87. The molecule has 0 aromatic rings. The van der Waals surface area contributed by atoms with Gasteiger partial charge in [-0.1, -0.05) is 67.7 Å². The molecular formula is C31H48O10. The van der Waals surface area contributed by atoms with Crippen LogP contribution in [0.3, 0.4) is 0 Å². The van der Waals surface area contributed by atoms with Crippen LogP contribution >= 0.6 is 0 Å². The van der Waals surface area contributed by atoms with E-state index in [2.05, 4.69) is 0 Å². The molecule has 10 nitrogen and oxygen atoms in total. The van der Waals surface area contributed by atoms with E-state index in [-0.39, 0.29) is 38.0 Å². The van der Waals surface area contributed by atoms with Crippen LogP contribution in [0.25, 0.3) is 0 Å². The van der Waals surface area contributed by atoms with E-state index in [9.17, 15) is 45.3 Å². The molecule has 0 fully saturated rings. The molecule has 0 aromatic heterocycles. The summed E-state index contributed by atoms with van der Waals surface area (Å²) in [6, 6.07) is 0. The third-order valence-corrected chi connectivity index (χ3v) is 7.21. The minimum Gasteiger partial charge on any atom is -0.481 e. The number of carbonyl (C=O) groups excluding carboxylic acids is 1. The monoisotopic (exact) mass is 580 g/mol. The van der Waals surface area contributed by atoms with Gasteiger partial charge in [0.25, 0.3) is 0 Å². The summed E-state index contributed by atoms with van der Waals surface area (Å²) >= 11 is 0. The molecule has 1 aliphatic rings. The number of carboxylic acid groups (broad SMARTS) is 1. The Bertz CT molecular complexity index is 924. The van der Waals surface area contributed by atoms with Gasteiger partial charge in [-0.15, -0.1) is 0 Å². The first kappa shape index (κ1) is 36.4. The van der Waals surface area contributed by atoms with E-state index >= 15 is 0 Å². The fourth-order valence-corrected chi connectivity index (χ4v) is 4.32. The Hall–Kier alpha value is -2.60. The summed E-state index contributed by atoms with van der Waals surface area (Å²) < 4.78 is 5.50. The van der Waals surface area contributed by atoms with E-state index in [0.717, 1.165) is 0 Å². The zero-order valence-electron chi connectivity index (χ0n) is 24.1. The van der Waals surface area contributed by atoms with Crippen LogP contribution in [0.4, 0.5) is 0 Å². The highest BCUT2D eigenvalue weighted by atomic mass is 16.5. The maximum atomic E-state index is 12.5. The molecule has 0 unspecified atom stereocenters. The number of allylic oxidation sites excluding steroid dienone is 8. The van der Waals surface area contributed by atoms with E-state index in [1.54, 1.807) is 43.4 Å². The maximum absolute atomic E-state index is 12.5. The SMILES string of the molecule is C[C@@H]1/C=C/C=C/C=C/C=C/C=C/[C@H](O)[C@@H](C(=O)O)[C@@H](O)C[C@@H](O)CCC[C@@H](O)C[C@@H](O)C[C@@H](O)[C@H](C)C(=O)O[C@H]1C. The van der Waals surface area contributed by atoms with Crippen LogP contribution < -0.4 is 0 Å². The third-order valence-electron chi connectivity index (χ3n) is 7.21. The fraction of sp³-hybridized carbons (Fsp3) is 0.613. The lowest BCUT2D eigenvalue weighted by atomic mass is 9.90. The van der Waals surface area contributed by atoms with Crippen LogP contribution in [0.15, 0.2) is 60.8 Å². The van der Waals surface area contributed by atoms with Crippen molar-refractivity contribution in [1.82, 2.24) is 0 Å². The van der Waals surface area contributed by atoms with Crippen LogP contribution in [0.1, 0.15) is 59.3 Å². The zero-order valence-corrected chi connectivity index (χ0v) is 24.1. The molecule has 0 amide bonds. The molecule has 10 heteroatoms. The summed E-state index contributed by atoms with van der Waals surface area (Å²) in [6.07, 6.45) is 9.26. The van der Waals surface area contributed by atoms with Gasteiger partial charge in [0, 0.05) is 18.8 Å². The number of cyclic esters (lactones) is 1. The second-order valence-electron chi connectivity index (χ2n) is 10.8.